The maximum absolute atomic E-state index is 9.31. The van der Waals surface area contributed by atoms with E-state index >= 15 is 0 Å². The Morgan fingerprint density at radius 1 is 1.33 bits per heavy atom. The Labute approximate surface area is 92.1 Å². The first-order chi connectivity index (χ1) is 7.11. The molecule has 2 unspecified atom stereocenters. The van der Waals surface area contributed by atoms with Crippen molar-refractivity contribution in [1.82, 2.24) is 0 Å². The zero-order valence-corrected chi connectivity index (χ0v) is 9.83. The fourth-order valence-corrected chi connectivity index (χ4v) is 2.83. The maximum atomic E-state index is 9.31. The molecular weight excluding hydrogens is 184 g/mol. The fourth-order valence-electron chi connectivity index (χ4n) is 2.83. The largest absolute Gasteiger partial charge is 0.396 e. The van der Waals surface area contributed by atoms with Crippen LogP contribution in [0.1, 0.15) is 31.4 Å². The van der Waals surface area contributed by atoms with Crippen LogP contribution in [0.25, 0.3) is 0 Å². The van der Waals surface area contributed by atoms with Crippen LogP contribution in [0.3, 0.4) is 0 Å². The zero-order chi connectivity index (χ0) is 11.1. The highest BCUT2D eigenvalue weighted by atomic mass is 16.3. The molecule has 1 aromatic rings. The highest BCUT2D eigenvalue weighted by molar-refractivity contribution is 5.36. The van der Waals surface area contributed by atoms with Gasteiger partial charge in [-0.15, -0.1) is 0 Å². The van der Waals surface area contributed by atoms with Crippen LogP contribution in [0.4, 0.5) is 0 Å². The number of aliphatic hydroxyl groups excluding tert-OH is 1. The predicted octanol–water partition coefficient (Wildman–Crippen LogP) is 2.90. The summed E-state index contributed by atoms with van der Waals surface area (Å²) in [5.74, 6) is 1.08. The molecule has 2 atom stereocenters. The number of rotatable bonds is 3. The molecule has 1 N–H and O–H groups in total. The summed E-state index contributed by atoms with van der Waals surface area (Å²) in [7, 11) is 0. The van der Waals surface area contributed by atoms with Gasteiger partial charge in [-0.2, -0.15) is 0 Å². The van der Waals surface area contributed by atoms with Crippen molar-refractivity contribution in [3.8, 4) is 0 Å². The Hall–Kier alpha value is -0.820. The van der Waals surface area contributed by atoms with Gasteiger partial charge in [0.1, 0.15) is 0 Å². The molecule has 1 fully saturated rings. The smallest absolute Gasteiger partial charge is 0.0468 e. The van der Waals surface area contributed by atoms with Crippen molar-refractivity contribution in [2.75, 3.05) is 6.61 Å². The Bertz CT molecular complexity index is 339. The van der Waals surface area contributed by atoms with E-state index in [-0.39, 0.29) is 5.41 Å². The summed E-state index contributed by atoms with van der Waals surface area (Å²) in [6, 6.07) is 8.80. The summed E-state index contributed by atoms with van der Waals surface area (Å²) in [4.78, 5) is 0. The van der Waals surface area contributed by atoms with E-state index < -0.39 is 0 Å². The number of hydrogen-bond acceptors (Lipinski definition) is 1. The lowest BCUT2D eigenvalue weighted by molar-refractivity contribution is 0.252. The van der Waals surface area contributed by atoms with E-state index in [0.29, 0.717) is 18.4 Å². The van der Waals surface area contributed by atoms with E-state index in [1.54, 1.807) is 0 Å². The molecule has 0 spiro atoms. The van der Waals surface area contributed by atoms with Crippen molar-refractivity contribution in [1.29, 1.82) is 0 Å². The molecule has 1 aromatic carbocycles. The average Bonchev–Trinajstić information content (AvgIpc) is 2.94. The van der Waals surface area contributed by atoms with Crippen LogP contribution < -0.4 is 0 Å². The molecule has 15 heavy (non-hydrogen) atoms. The minimum Gasteiger partial charge on any atom is -0.396 e. The Balaban J connectivity index is 2.32. The predicted molar refractivity (Wildman–Crippen MR) is 62.9 cm³/mol. The SMILES string of the molecule is Cc1ccc(C2(C(C)C)CC2CO)cc1. The topological polar surface area (TPSA) is 20.2 Å². The first-order valence-corrected chi connectivity index (χ1v) is 5.79. The van der Waals surface area contributed by atoms with Crippen LogP contribution in [0.5, 0.6) is 0 Å². The van der Waals surface area contributed by atoms with Gasteiger partial charge < -0.3 is 5.11 Å². The number of benzene rings is 1. The Kier molecular flexibility index (Phi) is 2.59. The van der Waals surface area contributed by atoms with Gasteiger partial charge in [0.05, 0.1) is 0 Å². The van der Waals surface area contributed by atoms with Crippen molar-refractivity contribution < 1.29 is 5.11 Å². The summed E-state index contributed by atoms with van der Waals surface area (Å²) in [6.07, 6.45) is 1.14. The number of hydrogen-bond donors (Lipinski definition) is 1. The normalized spacial score (nSPS) is 29.5. The average molecular weight is 204 g/mol. The van der Waals surface area contributed by atoms with Crippen LogP contribution >= 0.6 is 0 Å². The molecule has 0 aromatic heterocycles. The van der Waals surface area contributed by atoms with Crippen molar-refractivity contribution in [2.24, 2.45) is 11.8 Å². The lowest BCUT2D eigenvalue weighted by Crippen LogP contribution is -2.19. The van der Waals surface area contributed by atoms with Gasteiger partial charge in [-0.25, -0.2) is 0 Å². The molecule has 0 saturated heterocycles. The molecule has 0 amide bonds. The lowest BCUT2D eigenvalue weighted by Gasteiger charge is -2.22. The first kappa shape index (κ1) is 10.7. The minimum absolute atomic E-state index is 0.252. The molecule has 82 valence electrons. The monoisotopic (exact) mass is 204 g/mol. The van der Waals surface area contributed by atoms with Crippen LogP contribution in [0.15, 0.2) is 24.3 Å². The van der Waals surface area contributed by atoms with Gasteiger partial charge in [0.15, 0.2) is 0 Å². The van der Waals surface area contributed by atoms with Crippen molar-refractivity contribution >= 4 is 0 Å². The van der Waals surface area contributed by atoms with Gasteiger partial charge in [0, 0.05) is 12.0 Å². The first-order valence-electron chi connectivity index (χ1n) is 5.79. The third-order valence-corrected chi connectivity index (χ3v) is 3.99. The highest BCUT2D eigenvalue weighted by Gasteiger charge is 2.56. The lowest BCUT2D eigenvalue weighted by atomic mass is 9.82. The van der Waals surface area contributed by atoms with E-state index in [9.17, 15) is 5.11 Å². The van der Waals surface area contributed by atoms with Gasteiger partial charge in [0.25, 0.3) is 0 Å². The molecule has 1 aliphatic carbocycles. The summed E-state index contributed by atoms with van der Waals surface area (Å²) in [5, 5.41) is 9.31. The summed E-state index contributed by atoms with van der Waals surface area (Å²) < 4.78 is 0. The zero-order valence-electron chi connectivity index (χ0n) is 9.83. The fraction of sp³-hybridized carbons (Fsp3) is 0.571. The van der Waals surface area contributed by atoms with Gasteiger partial charge in [-0.1, -0.05) is 43.7 Å². The molecule has 0 bridgehead atoms. The standard InChI is InChI=1S/C14H20O/c1-10(2)14(8-13(14)9-15)12-6-4-11(3)5-7-12/h4-7,10,13,15H,8-9H2,1-3H3. The molecule has 1 saturated carbocycles. The van der Waals surface area contributed by atoms with E-state index in [1.165, 1.54) is 11.1 Å². The molecule has 0 heterocycles. The van der Waals surface area contributed by atoms with E-state index in [2.05, 4.69) is 45.0 Å². The van der Waals surface area contributed by atoms with Gasteiger partial charge in [-0.05, 0) is 30.7 Å². The minimum atomic E-state index is 0.252. The summed E-state index contributed by atoms with van der Waals surface area (Å²) in [6.45, 7) is 6.96. The third kappa shape index (κ3) is 1.59. The molecule has 0 aliphatic heterocycles. The van der Waals surface area contributed by atoms with E-state index in [0.717, 1.165) is 6.42 Å². The van der Waals surface area contributed by atoms with Crippen molar-refractivity contribution in [3.63, 3.8) is 0 Å². The number of aryl methyl sites for hydroxylation is 1. The second-order valence-electron chi connectivity index (χ2n) is 5.14. The maximum Gasteiger partial charge on any atom is 0.0468 e. The van der Waals surface area contributed by atoms with Crippen LogP contribution in [0, 0.1) is 18.8 Å². The molecule has 1 heteroatoms. The van der Waals surface area contributed by atoms with Crippen LogP contribution in [-0.2, 0) is 5.41 Å². The Morgan fingerprint density at radius 3 is 2.33 bits per heavy atom. The van der Waals surface area contributed by atoms with Crippen molar-refractivity contribution in [2.45, 2.75) is 32.6 Å². The Morgan fingerprint density at radius 2 is 1.93 bits per heavy atom. The summed E-state index contributed by atoms with van der Waals surface area (Å²) in [5.41, 5.74) is 2.96. The highest BCUT2D eigenvalue weighted by Crippen LogP contribution is 2.58. The van der Waals surface area contributed by atoms with Gasteiger partial charge in [0.2, 0.25) is 0 Å². The number of aliphatic hydroxyl groups is 1. The van der Waals surface area contributed by atoms with Gasteiger partial charge >= 0.3 is 0 Å². The second kappa shape index (κ2) is 3.64. The van der Waals surface area contributed by atoms with Gasteiger partial charge in [-0.3, -0.25) is 0 Å². The van der Waals surface area contributed by atoms with E-state index in [4.69, 9.17) is 0 Å². The second-order valence-corrected chi connectivity index (χ2v) is 5.14. The third-order valence-electron chi connectivity index (χ3n) is 3.99. The molecule has 0 radical (unpaired) electrons. The molecule has 1 aliphatic rings. The quantitative estimate of drug-likeness (QED) is 0.802. The van der Waals surface area contributed by atoms with Crippen LogP contribution in [0.2, 0.25) is 0 Å². The molecule has 2 rings (SSSR count). The van der Waals surface area contributed by atoms with E-state index in [1.807, 2.05) is 0 Å². The van der Waals surface area contributed by atoms with Crippen molar-refractivity contribution in [3.05, 3.63) is 35.4 Å². The molecule has 1 nitrogen and oxygen atoms in total. The summed E-state index contributed by atoms with van der Waals surface area (Å²) >= 11 is 0. The van der Waals surface area contributed by atoms with Crippen LogP contribution in [-0.4, -0.2) is 11.7 Å². The molecular formula is C14H20O.